The number of esters is 1. The largest absolute Gasteiger partial charge is 0.493 e. The molecule has 0 fully saturated rings. The fourth-order valence-electron chi connectivity index (χ4n) is 4.69. The second kappa shape index (κ2) is 9.94. The average Bonchev–Trinajstić information content (AvgIpc) is 2.83. The summed E-state index contributed by atoms with van der Waals surface area (Å²) >= 11 is 0. The molecule has 0 radical (unpaired) electrons. The average molecular weight is 448 g/mol. The van der Waals surface area contributed by atoms with Gasteiger partial charge in [-0.3, -0.25) is 4.79 Å². The Hall–Kier alpha value is -3.54. The maximum atomic E-state index is 13.4. The van der Waals surface area contributed by atoms with E-state index in [2.05, 4.69) is 5.32 Å². The molecule has 33 heavy (non-hydrogen) atoms. The van der Waals surface area contributed by atoms with Gasteiger partial charge in [-0.15, -0.1) is 0 Å². The zero-order valence-electron chi connectivity index (χ0n) is 19.3. The van der Waals surface area contributed by atoms with E-state index in [0.717, 1.165) is 29.7 Å². The number of dihydropyridines is 1. The number of methoxy groups -OCH3 is 2. The number of Topliss-reactive ketones (excluding diaryl/α,β-unsaturated/α-hetero) is 1. The number of rotatable bonds is 7. The van der Waals surface area contributed by atoms with Gasteiger partial charge in [0.2, 0.25) is 0 Å². The summed E-state index contributed by atoms with van der Waals surface area (Å²) in [5.41, 5.74) is 4.44. The smallest absolute Gasteiger partial charge is 0.336 e. The molecule has 2 aromatic rings. The first-order valence-corrected chi connectivity index (χ1v) is 11.2. The van der Waals surface area contributed by atoms with Gasteiger partial charge in [-0.05, 0) is 31.4 Å². The molecule has 0 unspecified atom stereocenters. The molecule has 2 aromatic carbocycles. The molecule has 1 aliphatic heterocycles. The van der Waals surface area contributed by atoms with Crippen LogP contribution in [-0.2, 0) is 20.7 Å². The van der Waals surface area contributed by atoms with Crippen LogP contribution in [0.5, 0.6) is 11.5 Å². The Balaban J connectivity index is 1.72. The summed E-state index contributed by atoms with van der Waals surface area (Å²) in [7, 11) is 3.13. The Morgan fingerprint density at radius 3 is 2.55 bits per heavy atom. The molecule has 6 heteroatoms. The molecular formula is C27H29NO5. The molecule has 0 saturated carbocycles. The summed E-state index contributed by atoms with van der Waals surface area (Å²) in [4.78, 5) is 26.5. The third-order valence-electron chi connectivity index (χ3n) is 6.21. The molecule has 2 aliphatic rings. The van der Waals surface area contributed by atoms with Crippen molar-refractivity contribution in [3.8, 4) is 11.5 Å². The van der Waals surface area contributed by atoms with Crippen molar-refractivity contribution in [3.05, 3.63) is 82.2 Å². The molecule has 1 N–H and O–H groups in total. The molecule has 0 bridgehead atoms. The molecule has 1 heterocycles. The number of hydrogen-bond donors (Lipinski definition) is 1. The van der Waals surface area contributed by atoms with Gasteiger partial charge in [0.1, 0.15) is 0 Å². The fourth-order valence-corrected chi connectivity index (χ4v) is 4.69. The molecule has 1 aliphatic carbocycles. The fraction of sp³-hybridized carbons (Fsp3) is 0.333. The molecule has 0 spiro atoms. The summed E-state index contributed by atoms with van der Waals surface area (Å²) < 4.78 is 16.9. The van der Waals surface area contributed by atoms with Crippen molar-refractivity contribution in [3.63, 3.8) is 0 Å². The quantitative estimate of drug-likeness (QED) is 0.632. The van der Waals surface area contributed by atoms with Crippen LogP contribution >= 0.6 is 0 Å². The van der Waals surface area contributed by atoms with Crippen LogP contribution < -0.4 is 14.8 Å². The Morgan fingerprint density at radius 2 is 1.82 bits per heavy atom. The summed E-state index contributed by atoms with van der Waals surface area (Å²) in [6.07, 6.45) is 2.62. The van der Waals surface area contributed by atoms with E-state index in [-0.39, 0.29) is 12.4 Å². The summed E-state index contributed by atoms with van der Waals surface area (Å²) in [6.45, 7) is 2.11. The highest BCUT2D eigenvalue weighted by Crippen LogP contribution is 2.47. The van der Waals surface area contributed by atoms with Gasteiger partial charge in [0, 0.05) is 35.4 Å². The van der Waals surface area contributed by atoms with E-state index in [0.29, 0.717) is 41.2 Å². The third kappa shape index (κ3) is 4.51. The zero-order valence-corrected chi connectivity index (χ0v) is 19.3. The second-order valence-corrected chi connectivity index (χ2v) is 8.22. The lowest BCUT2D eigenvalue weighted by atomic mass is 9.75. The number of allylic oxidation sites excluding steroid dienone is 3. The first kappa shape index (κ1) is 22.6. The highest BCUT2D eigenvalue weighted by molar-refractivity contribution is 6.04. The molecule has 172 valence electrons. The van der Waals surface area contributed by atoms with Crippen molar-refractivity contribution in [2.75, 3.05) is 20.8 Å². The van der Waals surface area contributed by atoms with E-state index in [1.807, 2.05) is 49.4 Å². The number of ketones is 1. The molecule has 0 amide bonds. The second-order valence-electron chi connectivity index (χ2n) is 8.22. The Kier molecular flexibility index (Phi) is 6.82. The van der Waals surface area contributed by atoms with Crippen molar-refractivity contribution in [2.45, 2.75) is 38.5 Å². The molecule has 1 atom stereocenters. The predicted octanol–water partition coefficient (Wildman–Crippen LogP) is 4.46. The highest BCUT2D eigenvalue weighted by Gasteiger charge is 2.40. The van der Waals surface area contributed by atoms with Crippen LogP contribution in [0.2, 0.25) is 0 Å². The van der Waals surface area contributed by atoms with Gasteiger partial charge >= 0.3 is 5.97 Å². The maximum absolute atomic E-state index is 13.4. The van der Waals surface area contributed by atoms with Gasteiger partial charge < -0.3 is 19.5 Å². The lowest BCUT2D eigenvalue weighted by Gasteiger charge is -2.34. The standard InChI is InChI=1S/C27H29NO5/c1-17-23(27(30)33-16-15-18-9-5-4-6-10-18)24(25-20(28-17)12-8-13-21(25)29)19-11-7-14-22(31-2)26(19)32-3/h4-7,9-11,14,24,28H,8,12-13,15-16H2,1-3H3/t24-/m1/s1. The summed E-state index contributed by atoms with van der Waals surface area (Å²) in [5.74, 6) is 0.0904. The summed E-state index contributed by atoms with van der Waals surface area (Å²) in [5, 5.41) is 3.32. The number of ether oxygens (including phenoxy) is 3. The van der Waals surface area contributed by atoms with E-state index in [9.17, 15) is 9.59 Å². The van der Waals surface area contributed by atoms with E-state index in [4.69, 9.17) is 14.2 Å². The minimum absolute atomic E-state index is 0.0423. The number of para-hydroxylation sites is 1. The van der Waals surface area contributed by atoms with Crippen molar-refractivity contribution in [1.82, 2.24) is 5.32 Å². The number of carbonyl (C=O) groups is 2. The van der Waals surface area contributed by atoms with Gasteiger partial charge in [0.25, 0.3) is 0 Å². The zero-order chi connectivity index (χ0) is 23.4. The maximum Gasteiger partial charge on any atom is 0.336 e. The number of carbonyl (C=O) groups excluding carboxylic acids is 2. The number of hydrogen-bond acceptors (Lipinski definition) is 6. The van der Waals surface area contributed by atoms with Crippen LogP contribution in [-0.4, -0.2) is 32.6 Å². The van der Waals surface area contributed by atoms with Gasteiger partial charge in [0.15, 0.2) is 17.3 Å². The first-order valence-electron chi connectivity index (χ1n) is 11.2. The molecule has 4 rings (SSSR count). The number of nitrogens with one attached hydrogen (secondary N) is 1. The summed E-state index contributed by atoms with van der Waals surface area (Å²) in [6, 6.07) is 15.4. The van der Waals surface area contributed by atoms with E-state index in [1.54, 1.807) is 20.3 Å². The van der Waals surface area contributed by atoms with Crippen LogP contribution in [0.4, 0.5) is 0 Å². The van der Waals surface area contributed by atoms with Gasteiger partial charge in [0.05, 0.1) is 32.3 Å². The van der Waals surface area contributed by atoms with E-state index in [1.165, 1.54) is 0 Å². The molecular weight excluding hydrogens is 418 g/mol. The Bertz CT molecular complexity index is 1120. The van der Waals surface area contributed by atoms with Gasteiger partial charge in [-0.2, -0.15) is 0 Å². The molecule has 0 saturated heterocycles. The Morgan fingerprint density at radius 1 is 1.03 bits per heavy atom. The first-order chi connectivity index (χ1) is 16.0. The minimum Gasteiger partial charge on any atom is -0.493 e. The normalized spacial score (nSPS) is 17.9. The topological polar surface area (TPSA) is 73.9 Å². The van der Waals surface area contributed by atoms with Crippen LogP contribution in [0, 0.1) is 0 Å². The molecule has 0 aromatic heterocycles. The third-order valence-corrected chi connectivity index (χ3v) is 6.21. The van der Waals surface area contributed by atoms with Crippen LogP contribution in [0.15, 0.2) is 71.1 Å². The molecule has 6 nitrogen and oxygen atoms in total. The van der Waals surface area contributed by atoms with Crippen molar-refractivity contribution >= 4 is 11.8 Å². The van der Waals surface area contributed by atoms with E-state index < -0.39 is 11.9 Å². The highest BCUT2D eigenvalue weighted by atomic mass is 16.5. The van der Waals surface area contributed by atoms with E-state index >= 15 is 0 Å². The van der Waals surface area contributed by atoms with Gasteiger partial charge in [-0.25, -0.2) is 4.79 Å². The van der Waals surface area contributed by atoms with Crippen molar-refractivity contribution in [1.29, 1.82) is 0 Å². The van der Waals surface area contributed by atoms with Crippen LogP contribution in [0.3, 0.4) is 0 Å². The predicted molar refractivity (Wildman–Crippen MR) is 125 cm³/mol. The van der Waals surface area contributed by atoms with Crippen LogP contribution in [0.25, 0.3) is 0 Å². The van der Waals surface area contributed by atoms with Crippen molar-refractivity contribution < 1.29 is 23.8 Å². The lowest BCUT2D eigenvalue weighted by Crippen LogP contribution is -2.34. The van der Waals surface area contributed by atoms with Crippen LogP contribution in [0.1, 0.15) is 43.2 Å². The SMILES string of the molecule is COc1cccc([C@@H]2C(C(=O)OCCc3ccccc3)=C(C)NC3=C2C(=O)CCC3)c1OC. The number of benzene rings is 2. The minimum atomic E-state index is -0.580. The van der Waals surface area contributed by atoms with Gasteiger partial charge in [-0.1, -0.05) is 42.5 Å². The monoisotopic (exact) mass is 447 g/mol. The Labute approximate surface area is 194 Å². The lowest BCUT2D eigenvalue weighted by molar-refractivity contribution is -0.139. The van der Waals surface area contributed by atoms with Crippen molar-refractivity contribution in [2.24, 2.45) is 0 Å².